The van der Waals surface area contributed by atoms with Crippen LogP contribution in [-0.4, -0.2) is 30.5 Å². The van der Waals surface area contributed by atoms with Crippen molar-refractivity contribution >= 4 is 28.9 Å². The van der Waals surface area contributed by atoms with Gasteiger partial charge in [-0.1, -0.05) is 49.9 Å². The van der Waals surface area contributed by atoms with E-state index in [9.17, 15) is 4.79 Å². The van der Waals surface area contributed by atoms with Crippen molar-refractivity contribution in [1.29, 1.82) is 0 Å². The maximum absolute atomic E-state index is 12.3. The molecule has 2 aromatic carbocycles. The highest BCUT2D eigenvalue weighted by Gasteiger charge is 2.20. The Balaban J connectivity index is 1.46. The molecule has 1 unspecified atom stereocenters. The van der Waals surface area contributed by atoms with Crippen LogP contribution in [0.1, 0.15) is 43.9 Å². The molecule has 1 heterocycles. The van der Waals surface area contributed by atoms with Crippen LogP contribution >= 0.6 is 11.8 Å². The number of carbonyl (C=O) groups is 1. The average molecular weight is 439 g/mol. The van der Waals surface area contributed by atoms with Crippen LogP contribution in [0, 0.1) is 5.92 Å². The quantitative estimate of drug-likeness (QED) is 0.416. The molecule has 5 nitrogen and oxygen atoms in total. The van der Waals surface area contributed by atoms with E-state index in [1.165, 1.54) is 12.5 Å². The van der Waals surface area contributed by atoms with Crippen molar-refractivity contribution in [3.05, 3.63) is 65.7 Å². The topological polar surface area (TPSA) is 59.9 Å². The van der Waals surface area contributed by atoms with Gasteiger partial charge in [0.15, 0.2) is 5.17 Å². The van der Waals surface area contributed by atoms with Gasteiger partial charge in [0.05, 0.1) is 19.8 Å². The Bertz CT molecular complexity index is 905. The number of thioether (sulfide) groups is 1. The summed E-state index contributed by atoms with van der Waals surface area (Å²) in [6.07, 6.45) is 5.54. The molecule has 1 amide bonds. The highest BCUT2D eigenvalue weighted by Crippen LogP contribution is 2.30. The van der Waals surface area contributed by atoms with Crippen LogP contribution in [-0.2, 0) is 4.79 Å². The lowest BCUT2D eigenvalue weighted by Gasteiger charge is -2.07. The first-order valence-electron chi connectivity index (χ1n) is 10.6. The molecule has 0 saturated heterocycles. The molecule has 6 heteroatoms. The Morgan fingerprint density at radius 3 is 2.55 bits per heavy atom. The normalized spacial score (nSPS) is 15.9. The Morgan fingerprint density at radius 1 is 1.16 bits per heavy atom. The van der Waals surface area contributed by atoms with Crippen LogP contribution in [0.5, 0.6) is 11.5 Å². The van der Waals surface area contributed by atoms with E-state index < -0.39 is 0 Å². The molecule has 0 fully saturated rings. The second-order valence-electron chi connectivity index (χ2n) is 7.81. The third-order valence-electron chi connectivity index (χ3n) is 4.88. The SMILES string of the molecule is COc1ccc(C2CSC(NC(=O)/C=C/c3ccc(OCCCC(C)C)cc3)=N2)cc1. The van der Waals surface area contributed by atoms with E-state index in [2.05, 4.69) is 24.2 Å². The molecule has 2 aromatic rings. The van der Waals surface area contributed by atoms with Crippen LogP contribution in [0.15, 0.2) is 59.6 Å². The summed E-state index contributed by atoms with van der Waals surface area (Å²) in [6, 6.07) is 15.7. The molecule has 0 radical (unpaired) electrons. The monoisotopic (exact) mass is 438 g/mol. The molecule has 0 saturated carbocycles. The molecular weight excluding hydrogens is 408 g/mol. The number of amidine groups is 1. The molecule has 1 aliphatic rings. The van der Waals surface area contributed by atoms with E-state index >= 15 is 0 Å². The zero-order chi connectivity index (χ0) is 22.1. The van der Waals surface area contributed by atoms with Gasteiger partial charge in [-0.2, -0.15) is 0 Å². The summed E-state index contributed by atoms with van der Waals surface area (Å²) < 4.78 is 10.9. The lowest BCUT2D eigenvalue weighted by atomic mass is 10.1. The largest absolute Gasteiger partial charge is 0.497 e. The lowest BCUT2D eigenvalue weighted by molar-refractivity contribution is -0.115. The number of carbonyl (C=O) groups excluding carboxylic acids is 1. The van der Waals surface area contributed by atoms with E-state index in [-0.39, 0.29) is 11.9 Å². The molecule has 0 aromatic heterocycles. The number of aliphatic imine (C=N–C) groups is 1. The minimum Gasteiger partial charge on any atom is -0.497 e. The number of nitrogens with zero attached hydrogens (tertiary/aromatic N) is 1. The van der Waals surface area contributed by atoms with Gasteiger partial charge in [-0.05, 0) is 60.2 Å². The van der Waals surface area contributed by atoms with Crippen LogP contribution in [0.4, 0.5) is 0 Å². The van der Waals surface area contributed by atoms with Gasteiger partial charge in [0, 0.05) is 11.8 Å². The van der Waals surface area contributed by atoms with E-state index in [1.54, 1.807) is 24.9 Å². The number of benzene rings is 2. The van der Waals surface area contributed by atoms with Crippen molar-refractivity contribution < 1.29 is 14.3 Å². The van der Waals surface area contributed by atoms with Gasteiger partial charge in [-0.3, -0.25) is 9.79 Å². The molecule has 1 atom stereocenters. The lowest BCUT2D eigenvalue weighted by Crippen LogP contribution is -2.25. The Kier molecular flexibility index (Phi) is 8.59. The van der Waals surface area contributed by atoms with Gasteiger partial charge in [-0.15, -0.1) is 0 Å². The second-order valence-corrected chi connectivity index (χ2v) is 8.82. The second kappa shape index (κ2) is 11.6. The summed E-state index contributed by atoms with van der Waals surface area (Å²) in [5.74, 6) is 3.00. The number of rotatable bonds is 9. The van der Waals surface area contributed by atoms with Gasteiger partial charge in [0.1, 0.15) is 11.5 Å². The maximum atomic E-state index is 12.3. The van der Waals surface area contributed by atoms with Gasteiger partial charge in [0.25, 0.3) is 0 Å². The zero-order valence-corrected chi connectivity index (χ0v) is 19.2. The number of methoxy groups -OCH3 is 1. The number of hydrogen-bond donors (Lipinski definition) is 1. The minimum absolute atomic E-state index is 0.0447. The number of amides is 1. The van der Waals surface area contributed by atoms with E-state index in [0.717, 1.165) is 41.4 Å². The minimum atomic E-state index is -0.185. The third kappa shape index (κ3) is 7.47. The summed E-state index contributed by atoms with van der Waals surface area (Å²) in [7, 11) is 1.65. The molecule has 0 spiro atoms. The summed E-state index contributed by atoms with van der Waals surface area (Å²) in [5.41, 5.74) is 2.06. The predicted octanol–water partition coefficient (Wildman–Crippen LogP) is 5.48. The molecule has 1 aliphatic heterocycles. The molecular formula is C25H30N2O3S. The molecule has 31 heavy (non-hydrogen) atoms. The first kappa shape index (κ1) is 22.9. The van der Waals surface area contributed by atoms with Crippen LogP contribution in [0.3, 0.4) is 0 Å². The van der Waals surface area contributed by atoms with E-state index in [1.807, 2.05) is 48.5 Å². The Morgan fingerprint density at radius 2 is 1.87 bits per heavy atom. The van der Waals surface area contributed by atoms with Gasteiger partial charge in [0.2, 0.25) is 5.91 Å². The molecule has 164 valence electrons. The fraction of sp³-hybridized carbons (Fsp3) is 0.360. The molecule has 3 rings (SSSR count). The summed E-state index contributed by atoms with van der Waals surface area (Å²) in [4.78, 5) is 16.9. The number of ether oxygens (including phenoxy) is 2. The summed E-state index contributed by atoms with van der Waals surface area (Å²) in [5, 5.41) is 3.52. The fourth-order valence-corrected chi connectivity index (χ4v) is 4.07. The van der Waals surface area contributed by atoms with Crippen molar-refractivity contribution in [3.63, 3.8) is 0 Å². The summed E-state index contributed by atoms with van der Waals surface area (Å²) in [6.45, 7) is 5.16. The van der Waals surface area contributed by atoms with Crippen molar-refractivity contribution in [1.82, 2.24) is 5.32 Å². The van der Waals surface area contributed by atoms with Crippen molar-refractivity contribution in [2.75, 3.05) is 19.5 Å². The third-order valence-corrected chi connectivity index (χ3v) is 5.85. The highest BCUT2D eigenvalue weighted by molar-refractivity contribution is 8.14. The average Bonchev–Trinajstić information content (AvgIpc) is 3.24. The maximum Gasteiger partial charge on any atom is 0.249 e. The smallest absolute Gasteiger partial charge is 0.249 e. The molecule has 0 aliphatic carbocycles. The van der Waals surface area contributed by atoms with Gasteiger partial charge < -0.3 is 14.8 Å². The van der Waals surface area contributed by atoms with Crippen molar-refractivity contribution in [3.8, 4) is 11.5 Å². The van der Waals surface area contributed by atoms with E-state index in [4.69, 9.17) is 9.47 Å². The van der Waals surface area contributed by atoms with Crippen LogP contribution in [0.25, 0.3) is 6.08 Å². The van der Waals surface area contributed by atoms with Crippen LogP contribution in [0.2, 0.25) is 0 Å². The van der Waals surface area contributed by atoms with Crippen molar-refractivity contribution in [2.45, 2.75) is 32.7 Å². The van der Waals surface area contributed by atoms with Crippen molar-refractivity contribution in [2.24, 2.45) is 10.9 Å². The number of nitrogens with one attached hydrogen (secondary N) is 1. The predicted molar refractivity (Wildman–Crippen MR) is 129 cm³/mol. The molecule has 1 N–H and O–H groups in total. The highest BCUT2D eigenvalue weighted by atomic mass is 32.2. The van der Waals surface area contributed by atoms with E-state index in [0.29, 0.717) is 11.1 Å². The van der Waals surface area contributed by atoms with Gasteiger partial charge >= 0.3 is 0 Å². The zero-order valence-electron chi connectivity index (χ0n) is 18.3. The van der Waals surface area contributed by atoms with Crippen LogP contribution < -0.4 is 14.8 Å². The Hall–Kier alpha value is -2.73. The first-order valence-corrected chi connectivity index (χ1v) is 11.6. The fourth-order valence-electron chi connectivity index (χ4n) is 3.11. The number of hydrogen-bond acceptors (Lipinski definition) is 5. The first-order chi connectivity index (χ1) is 15.0. The molecule has 0 bridgehead atoms. The standard InChI is InChI=1S/C25H30N2O3S/c1-18(2)5-4-16-30-22-11-6-19(7-12-22)8-15-24(28)27-25-26-23(17-31-25)20-9-13-21(29-3)14-10-20/h6-15,18,23H,4-5,16-17H2,1-3H3,(H,26,27,28)/b15-8+. The Labute approximate surface area is 188 Å². The summed E-state index contributed by atoms with van der Waals surface area (Å²) >= 11 is 1.55. The van der Waals surface area contributed by atoms with Gasteiger partial charge in [-0.25, -0.2) is 0 Å².